The Morgan fingerprint density at radius 2 is 1.53 bits per heavy atom. The number of aryl methyl sites for hydroxylation is 3. The van der Waals surface area contributed by atoms with Crippen LogP contribution in [0, 0.1) is 20.8 Å². The molecule has 0 unspecified atom stereocenters. The van der Waals surface area contributed by atoms with Crippen LogP contribution in [0.2, 0.25) is 0 Å². The van der Waals surface area contributed by atoms with Crippen molar-refractivity contribution < 1.29 is 33.3 Å². The zero-order chi connectivity index (χ0) is 31.5. The van der Waals surface area contributed by atoms with Gasteiger partial charge in [-0.1, -0.05) is 23.8 Å². The molecule has 3 aromatic rings. The van der Waals surface area contributed by atoms with Crippen LogP contribution >= 0.6 is 15.9 Å². The molecular formula is C31H35BrN4O7. The van der Waals surface area contributed by atoms with Crippen LogP contribution in [0.5, 0.6) is 23.0 Å². The number of halogens is 1. The third-order valence-electron chi connectivity index (χ3n) is 6.27. The first-order valence-electron chi connectivity index (χ1n) is 13.3. The molecule has 0 spiro atoms. The number of hydrogen-bond donors (Lipinski definition) is 3. The summed E-state index contributed by atoms with van der Waals surface area (Å²) in [5, 5.41) is 9.31. The van der Waals surface area contributed by atoms with E-state index in [1.807, 2.05) is 39.0 Å². The number of rotatable bonds is 12. The number of carbonyl (C=O) groups excluding carboxylic acids is 3. The number of nitrogens with zero attached hydrogens (tertiary/aromatic N) is 1. The van der Waals surface area contributed by atoms with Crippen molar-refractivity contribution in [3.63, 3.8) is 0 Å². The van der Waals surface area contributed by atoms with Gasteiger partial charge in [0.1, 0.15) is 0 Å². The topological polar surface area (TPSA) is 137 Å². The average Bonchev–Trinajstić information content (AvgIpc) is 2.97. The minimum absolute atomic E-state index is 0.235. The number of methoxy groups -OCH3 is 3. The summed E-state index contributed by atoms with van der Waals surface area (Å²) in [5.41, 5.74) is 7.45. The first-order valence-corrected chi connectivity index (χ1v) is 14.1. The molecule has 11 nitrogen and oxygen atoms in total. The molecule has 0 bridgehead atoms. The second-order valence-electron chi connectivity index (χ2n) is 9.54. The van der Waals surface area contributed by atoms with Gasteiger partial charge in [-0.05, 0) is 89.6 Å². The molecular weight excluding hydrogens is 620 g/mol. The zero-order valence-corrected chi connectivity index (χ0v) is 26.5. The van der Waals surface area contributed by atoms with E-state index in [2.05, 4.69) is 37.1 Å². The van der Waals surface area contributed by atoms with E-state index in [4.69, 9.17) is 18.9 Å². The van der Waals surface area contributed by atoms with Crippen molar-refractivity contribution >= 4 is 45.6 Å². The van der Waals surface area contributed by atoms with E-state index in [-0.39, 0.29) is 19.1 Å². The Morgan fingerprint density at radius 3 is 2.19 bits per heavy atom. The summed E-state index contributed by atoms with van der Waals surface area (Å²) in [4.78, 5) is 37.0. The molecule has 0 radical (unpaired) electrons. The predicted molar refractivity (Wildman–Crippen MR) is 167 cm³/mol. The highest BCUT2D eigenvalue weighted by Gasteiger charge is 2.16. The molecule has 3 aromatic carbocycles. The fourth-order valence-corrected chi connectivity index (χ4v) is 4.87. The van der Waals surface area contributed by atoms with E-state index in [0.717, 1.165) is 27.9 Å². The number of nitrogens with one attached hydrogen (secondary N) is 3. The van der Waals surface area contributed by atoms with Crippen LogP contribution in [-0.4, -0.2) is 58.4 Å². The molecule has 0 aliphatic rings. The molecule has 0 aliphatic heterocycles. The van der Waals surface area contributed by atoms with E-state index < -0.39 is 11.8 Å². The van der Waals surface area contributed by atoms with Crippen molar-refractivity contribution in [1.82, 2.24) is 10.7 Å². The monoisotopic (exact) mass is 654 g/mol. The molecule has 0 aromatic heterocycles. The van der Waals surface area contributed by atoms with Crippen LogP contribution in [-0.2, 0) is 20.8 Å². The number of carbonyl (C=O) groups is 3. The van der Waals surface area contributed by atoms with Crippen LogP contribution < -0.4 is 35.0 Å². The van der Waals surface area contributed by atoms with Gasteiger partial charge in [0.05, 0.1) is 32.0 Å². The normalized spacial score (nSPS) is 10.7. The molecule has 0 saturated carbocycles. The number of ether oxygens (including phenoxy) is 4. The van der Waals surface area contributed by atoms with Gasteiger partial charge in [-0.25, -0.2) is 5.43 Å². The number of hydrogen-bond acceptors (Lipinski definition) is 8. The minimum atomic E-state index is -0.917. The van der Waals surface area contributed by atoms with E-state index >= 15 is 0 Å². The largest absolute Gasteiger partial charge is 0.493 e. The SMILES string of the molecule is COc1ccc(CCNC(=O)C(=O)N/N=C\c2cc(Br)c(OCC(=O)Nc3c(C)cc(C)cc3C)c(OC)c2)cc1OC. The maximum atomic E-state index is 12.6. The molecule has 0 fully saturated rings. The highest BCUT2D eigenvalue weighted by molar-refractivity contribution is 9.10. The number of anilines is 1. The van der Waals surface area contributed by atoms with E-state index in [1.54, 1.807) is 38.5 Å². The van der Waals surface area contributed by atoms with Gasteiger partial charge in [0.25, 0.3) is 5.91 Å². The van der Waals surface area contributed by atoms with Crippen LogP contribution in [0.3, 0.4) is 0 Å². The maximum Gasteiger partial charge on any atom is 0.329 e. The van der Waals surface area contributed by atoms with Gasteiger partial charge < -0.3 is 29.6 Å². The van der Waals surface area contributed by atoms with Gasteiger partial charge in [-0.15, -0.1) is 0 Å². The summed E-state index contributed by atoms with van der Waals surface area (Å²) in [5.74, 6) is -0.218. The number of amides is 3. The Morgan fingerprint density at radius 1 is 0.860 bits per heavy atom. The Hall–Kier alpha value is -4.58. The number of benzene rings is 3. The van der Waals surface area contributed by atoms with Crippen molar-refractivity contribution in [3.05, 3.63) is 74.8 Å². The summed E-state index contributed by atoms with van der Waals surface area (Å²) in [7, 11) is 4.56. The molecule has 228 valence electrons. The lowest BCUT2D eigenvalue weighted by Crippen LogP contribution is -2.38. The van der Waals surface area contributed by atoms with Crippen molar-refractivity contribution in [2.75, 3.05) is 39.8 Å². The lowest BCUT2D eigenvalue weighted by atomic mass is 10.1. The highest BCUT2D eigenvalue weighted by Crippen LogP contribution is 2.36. The predicted octanol–water partition coefficient (Wildman–Crippen LogP) is 4.23. The molecule has 0 saturated heterocycles. The summed E-state index contributed by atoms with van der Waals surface area (Å²) < 4.78 is 22.2. The quantitative estimate of drug-likeness (QED) is 0.151. The molecule has 0 heterocycles. The fourth-order valence-electron chi connectivity index (χ4n) is 4.30. The molecule has 0 atom stereocenters. The molecule has 3 N–H and O–H groups in total. The molecule has 0 aliphatic carbocycles. The van der Waals surface area contributed by atoms with Gasteiger partial charge in [-0.2, -0.15) is 5.10 Å². The molecule has 3 rings (SSSR count). The fraction of sp³-hybridized carbons (Fsp3) is 0.290. The van der Waals surface area contributed by atoms with Crippen LogP contribution in [0.4, 0.5) is 5.69 Å². The molecule has 3 amide bonds. The Labute approximate surface area is 259 Å². The molecule has 43 heavy (non-hydrogen) atoms. The maximum absolute atomic E-state index is 12.6. The Balaban J connectivity index is 1.52. The van der Waals surface area contributed by atoms with Crippen LogP contribution in [0.25, 0.3) is 0 Å². The third kappa shape index (κ3) is 9.20. The summed E-state index contributed by atoms with van der Waals surface area (Å²) in [6, 6.07) is 12.7. The first kappa shape index (κ1) is 32.9. The third-order valence-corrected chi connectivity index (χ3v) is 6.86. The second-order valence-corrected chi connectivity index (χ2v) is 10.4. The Kier molecular flexibility index (Phi) is 11.9. The first-order chi connectivity index (χ1) is 20.6. The second kappa shape index (κ2) is 15.6. The summed E-state index contributed by atoms with van der Waals surface area (Å²) >= 11 is 3.43. The van der Waals surface area contributed by atoms with E-state index in [1.165, 1.54) is 13.3 Å². The van der Waals surface area contributed by atoms with E-state index in [0.29, 0.717) is 39.5 Å². The van der Waals surface area contributed by atoms with E-state index in [9.17, 15) is 14.4 Å². The van der Waals surface area contributed by atoms with Gasteiger partial charge in [0.2, 0.25) is 0 Å². The van der Waals surface area contributed by atoms with Gasteiger partial charge in [0, 0.05) is 12.2 Å². The van der Waals surface area contributed by atoms with Crippen LogP contribution in [0.15, 0.2) is 52.0 Å². The van der Waals surface area contributed by atoms with Crippen molar-refractivity contribution in [3.8, 4) is 23.0 Å². The van der Waals surface area contributed by atoms with Crippen molar-refractivity contribution in [1.29, 1.82) is 0 Å². The smallest absolute Gasteiger partial charge is 0.329 e. The van der Waals surface area contributed by atoms with Gasteiger partial charge >= 0.3 is 11.8 Å². The lowest BCUT2D eigenvalue weighted by Gasteiger charge is -2.15. The molecule has 12 heteroatoms. The zero-order valence-electron chi connectivity index (χ0n) is 24.9. The average molecular weight is 656 g/mol. The Bertz CT molecular complexity index is 1500. The van der Waals surface area contributed by atoms with Gasteiger partial charge in [0.15, 0.2) is 29.6 Å². The van der Waals surface area contributed by atoms with Crippen molar-refractivity contribution in [2.24, 2.45) is 5.10 Å². The summed E-state index contributed by atoms with van der Waals surface area (Å²) in [6.45, 7) is 5.87. The standard InChI is InChI=1S/C31H35BrN4O7/c1-18-11-19(2)28(20(3)12-18)35-27(37)17-43-29-23(32)13-22(15-26(29)42-6)16-34-36-31(39)30(38)33-10-9-21-7-8-24(40-4)25(14-21)41-5/h7-8,11-16H,9-10,17H2,1-6H3,(H,33,38)(H,35,37)(H,36,39)/b34-16-. The van der Waals surface area contributed by atoms with Crippen molar-refractivity contribution in [2.45, 2.75) is 27.2 Å². The minimum Gasteiger partial charge on any atom is -0.493 e. The van der Waals surface area contributed by atoms with Gasteiger partial charge in [-0.3, -0.25) is 14.4 Å². The van der Waals surface area contributed by atoms with Crippen LogP contribution in [0.1, 0.15) is 27.8 Å². The lowest BCUT2D eigenvalue weighted by molar-refractivity contribution is -0.139. The highest BCUT2D eigenvalue weighted by atomic mass is 79.9. The summed E-state index contributed by atoms with van der Waals surface area (Å²) in [6.07, 6.45) is 1.83. The number of hydrazone groups is 1.